The highest BCUT2D eigenvalue weighted by molar-refractivity contribution is 8.00. The summed E-state index contributed by atoms with van der Waals surface area (Å²) in [4.78, 5) is 11.4. The number of nitrogens with two attached hydrogens (primary N) is 1. The largest absolute Gasteiger partial charge is 0.353 e. The lowest BCUT2D eigenvalue weighted by molar-refractivity contribution is -0.122. The van der Waals surface area contributed by atoms with Gasteiger partial charge in [-0.3, -0.25) is 4.79 Å². The maximum atomic E-state index is 11.4. The van der Waals surface area contributed by atoms with Gasteiger partial charge >= 0.3 is 0 Å². The fourth-order valence-electron chi connectivity index (χ4n) is 1.19. The number of carbonyl (C=O) groups is 1. The molecule has 78 valence electrons. The van der Waals surface area contributed by atoms with E-state index in [-0.39, 0.29) is 10.7 Å². The van der Waals surface area contributed by atoms with Gasteiger partial charge in [0.25, 0.3) is 0 Å². The molecular weight excluding hydrogens is 196 g/mol. The number of thioether (sulfide) groups is 1. The van der Waals surface area contributed by atoms with Gasteiger partial charge in [-0.15, -0.1) is 12.3 Å². The molecular formula is C10H16N2OS. The Morgan fingerprint density at radius 1 is 1.79 bits per heavy atom. The first-order chi connectivity index (χ1) is 6.63. The quantitative estimate of drug-likeness (QED) is 0.647. The van der Waals surface area contributed by atoms with Gasteiger partial charge in [-0.1, -0.05) is 0 Å². The molecule has 1 saturated carbocycles. The van der Waals surface area contributed by atoms with Crippen LogP contribution in [0.15, 0.2) is 0 Å². The molecule has 0 saturated heterocycles. The van der Waals surface area contributed by atoms with Gasteiger partial charge in [0.1, 0.15) is 0 Å². The Labute approximate surface area is 89.2 Å². The van der Waals surface area contributed by atoms with Crippen LogP contribution in [0, 0.1) is 12.3 Å². The van der Waals surface area contributed by atoms with Crippen LogP contribution >= 0.6 is 11.8 Å². The highest BCUT2D eigenvalue weighted by Gasteiger charge is 2.42. The number of carbonyl (C=O) groups excluding carboxylic acids is 1. The molecule has 1 unspecified atom stereocenters. The summed E-state index contributed by atoms with van der Waals surface area (Å²) in [6.07, 6.45) is 9.81. The molecule has 14 heavy (non-hydrogen) atoms. The number of hydrogen-bond donors (Lipinski definition) is 2. The molecule has 1 rings (SSSR count). The normalized spacial score (nSPS) is 19.5. The number of hydrogen-bond acceptors (Lipinski definition) is 3. The minimum atomic E-state index is -0.558. The molecule has 0 aromatic carbocycles. The van der Waals surface area contributed by atoms with Crippen molar-refractivity contribution < 1.29 is 4.79 Å². The zero-order valence-corrected chi connectivity index (χ0v) is 9.19. The van der Waals surface area contributed by atoms with E-state index in [0.717, 1.165) is 0 Å². The molecule has 1 aliphatic carbocycles. The van der Waals surface area contributed by atoms with E-state index in [1.807, 2.05) is 11.8 Å². The second kappa shape index (κ2) is 4.72. The lowest BCUT2D eigenvalue weighted by atomic mass is 10.2. The van der Waals surface area contributed by atoms with Crippen molar-refractivity contribution in [3.8, 4) is 12.3 Å². The molecule has 0 heterocycles. The van der Waals surface area contributed by atoms with Crippen LogP contribution in [-0.4, -0.2) is 29.5 Å². The van der Waals surface area contributed by atoms with Crippen LogP contribution in [0.1, 0.15) is 19.3 Å². The first-order valence-electron chi connectivity index (χ1n) is 4.65. The van der Waals surface area contributed by atoms with Crippen molar-refractivity contribution in [3.63, 3.8) is 0 Å². The molecule has 3 nitrogen and oxygen atoms in total. The Hall–Kier alpha value is -0.660. The molecule has 0 spiro atoms. The number of nitrogens with one attached hydrogen (secondary N) is 1. The third-order valence-corrected chi connectivity index (χ3v) is 3.92. The summed E-state index contributed by atoms with van der Waals surface area (Å²) in [6, 6.07) is -0.558. The van der Waals surface area contributed by atoms with E-state index in [1.165, 1.54) is 12.8 Å². The molecule has 3 N–H and O–H groups in total. The predicted molar refractivity (Wildman–Crippen MR) is 59.9 cm³/mol. The van der Waals surface area contributed by atoms with Gasteiger partial charge in [0.05, 0.1) is 6.04 Å². The Bertz CT molecular complexity index is 255. The molecule has 1 amide bonds. The van der Waals surface area contributed by atoms with Gasteiger partial charge in [0, 0.05) is 17.7 Å². The van der Waals surface area contributed by atoms with E-state index in [2.05, 4.69) is 17.5 Å². The molecule has 0 aliphatic heterocycles. The van der Waals surface area contributed by atoms with Crippen LogP contribution < -0.4 is 11.1 Å². The molecule has 0 radical (unpaired) electrons. The lowest BCUT2D eigenvalue weighted by Gasteiger charge is -2.15. The molecule has 1 aliphatic rings. The van der Waals surface area contributed by atoms with Crippen molar-refractivity contribution in [1.82, 2.24) is 5.32 Å². The molecule has 0 aromatic heterocycles. The second-order valence-corrected chi connectivity index (χ2v) is 4.89. The van der Waals surface area contributed by atoms with E-state index in [0.29, 0.717) is 13.0 Å². The molecule has 1 atom stereocenters. The average Bonchev–Trinajstić information content (AvgIpc) is 2.95. The zero-order chi connectivity index (χ0) is 10.6. The number of amides is 1. The van der Waals surface area contributed by atoms with Crippen molar-refractivity contribution in [2.75, 3.05) is 12.8 Å². The standard InChI is InChI=1S/C10H16N2OS/c1-3-4-8(11)9(13)12-7-10(14-2)5-6-10/h1,8H,4-7,11H2,2H3,(H,12,13). The van der Waals surface area contributed by atoms with E-state index in [9.17, 15) is 4.79 Å². The summed E-state index contributed by atoms with van der Waals surface area (Å²) in [5.41, 5.74) is 5.56. The minimum absolute atomic E-state index is 0.136. The van der Waals surface area contributed by atoms with Gasteiger partial charge in [-0.05, 0) is 19.1 Å². The molecule has 1 fully saturated rings. The van der Waals surface area contributed by atoms with Crippen LogP contribution in [0.4, 0.5) is 0 Å². The van der Waals surface area contributed by atoms with Gasteiger partial charge in [-0.2, -0.15) is 11.8 Å². The lowest BCUT2D eigenvalue weighted by Crippen LogP contribution is -2.43. The van der Waals surface area contributed by atoms with Crippen molar-refractivity contribution in [1.29, 1.82) is 0 Å². The van der Waals surface area contributed by atoms with Gasteiger partial charge < -0.3 is 11.1 Å². The maximum absolute atomic E-state index is 11.4. The smallest absolute Gasteiger partial charge is 0.237 e. The average molecular weight is 212 g/mol. The highest BCUT2D eigenvalue weighted by atomic mass is 32.2. The summed E-state index contributed by atoms with van der Waals surface area (Å²) in [6.45, 7) is 0.714. The summed E-state index contributed by atoms with van der Waals surface area (Å²) >= 11 is 1.81. The Balaban J connectivity index is 2.25. The van der Waals surface area contributed by atoms with E-state index in [1.54, 1.807) is 0 Å². The van der Waals surface area contributed by atoms with Crippen molar-refractivity contribution in [2.24, 2.45) is 5.73 Å². The van der Waals surface area contributed by atoms with E-state index in [4.69, 9.17) is 12.2 Å². The predicted octanol–water partition coefficient (Wildman–Crippen LogP) is 0.349. The van der Waals surface area contributed by atoms with Crippen LogP contribution in [0.2, 0.25) is 0 Å². The summed E-state index contributed by atoms with van der Waals surface area (Å²) in [7, 11) is 0. The summed E-state index contributed by atoms with van der Waals surface area (Å²) in [5.74, 6) is 2.25. The Morgan fingerprint density at radius 2 is 2.43 bits per heavy atom. The van der Waals surface area contributed by atoms with Gasteiger partial charge in [0.15, 0.2) is 0 Å². The van der Waals surface area contributed by atoms with Crippen molar-refractivity contribution in [3.05, 3.63) is 0 Å². The van der Waals surface area contributed by atoms with Crippen LogP contribution in [0.25, 0.3) is 0 Å². The van der Waals surface area contributed by atoms with Crippen molar-refractivity contribution in [2.45, 2.75) is 30.1 Å². The van der Waals surface area contributed by atoms with Crippen LogP contribution in [0.3, 0.4) is 0 Å². The van der Waals surface area contributed by atoms with Gasteiger partial charge in [-0.25, -0.2) is 0 Å². The second-order valence-electron chi connectivity index (χ2n) is 3.62. The number of terminal acetylenes is 1. The fraction of sp³-hybridized carbons (Fsp3) is 0.700. The summed E-state index contributed by atoms with van der Waals surface area (Å²) < 4.78 is 0.283. The summed E-state index contributed by atoms with van der Waals surface area (Å²) in [5, 5.41) is 2.84. The Morgan fingerprint density at radius 3 is 2.86 bits per heavy atom. The zero-order valence-electron chi connectivity index (χ0n) is 8.38. The first kappa shape index (κ1) is 11.4. The fourth-order valence-corrected chi connectivity index (χ4v) is 1.92. The topological polar surface area (TPSA) is 55.1 Å². The molecule has 0 aromatic rings. The first-order valence-corrected chi connectivity index (χ1v) is 5.88. The third-order valence-electron chi connectivity index (χ3n) is 2.50. The molecule has 4 heteroatoms. The molecule has 0 bridgehead atoms. The Kier molecular flexibility index (Phi) is 3.85. The van der Waals surface area contributed by atoms with Gasteiger partial charge in [0.2, 0.25) is 5.91 Å². The van der Waals surface area contributed by atoms with Crippen LogP contribution in [0.5, 0.6) is 0 Å². The van der Waals surface area contributed by atoms with Crippen LogP contribution in [-0.2, 0) is 4.79 Å². The maximum Gasteiger partial charge on any atom is 0.237 e. The highest BCUT2D eigenvalue weighted by Crippen LogP contribution is 2.46. The third kappa shape index (κ3) is 2.93. The van der Waals surface area contributed by atoms with Crippen molar-refractivity contribution >= 4 is 17.7 Å². The van der Waals surface area contributed by atoms with E-state index >= 15 is 0 Å². The minimum Gasteiger partial charge on any atom is -0.353 e. The SMILES string of the molecule is C#CCC(N)C(=O)NCC1(SC)CC1. The monoisotopic (exact) mass is 212 g/mol. The van der Waals surface area contributed by atoms with E-state index < -0.39 is 6.04 Å². The number of rotatable bonds is 5.